The van der Waals surface area contributed by atoms with Crippen LogP contribution in [0.3, 0.4) is 0 Å². The van der Waals surface area contributed by atoms with Gasteiger partial charge in [0.15, 0.2) is 5.82 Å². The van der Waals surface area contributed by atoms with Crippen LogP contribution in [0.4, 0.5) is 16.2 Å². The predicted octanol–water partition coefficient (Wildman–Crippen LogP) is 3.46. The molecule has 1 spiro atoms. The Bertz CT molecular complexity index is 1390. The minimum atomic E-state index is -0.413. The summed E-state index contributed by atoms with van der Waals surface area (Å²) in [7, 11) is 0. The van der Waals surface area contributed by atoms with E-state index in [0.29, 0.717) is 23.7 Å². The van der Waals surface area contributed by atoms with Gasteiger partial charge in [0.2, 0.25) is 5.95 Å². The predicted molar refractivity (Wildman–Crippen MR) is 129 cm³/mol. The Kier molecular flexibility index (Phi) is 4.31. The van der Waals surface area contributed by atoms with Crippen molar-refractivity contribution in [1.82, 2.24) is 24.6 Å². The van der Waals surface area contributed by atoms with E-state index in [-0.39, 0.29) is 11.2 Å². The number of benzene rings is 1. The van der Waals surface area contributed by atoms with E-state index < -0.39 is 5.54 Å². The van der Waals surface area contributed by atoms with E-state index in [4.69, 9.17) is 11.6 Å². The fourth-order valence-corrected chi connectivity index (χ4v) is 6.03. The number of hydrogen-bond donors (Lipinski definition) is 0. The van der Waals surface area contributed by atoms with Crippen LogP contribution >= 0.6 is 11.6 Å². The molecular formula is C25H24ClFN8. The summed E-state index contributed by atoms with van der Waals surface area (Å²) in [6.07, 6.45) is 3.07. The van der Waals surface area contributed by atoms with E-state index in [0.717, 1.165) is 67.9 Å². The first-order chi connectivity index (χ1) is 16.9. The van der Waals surface area contributed by atoms with Crippen molar-refractivity contribution in [2.24, 2.45) is 5.41 Å². The molecule has 3 aromatic rings. The lowest BCUT2D eigenvalue weighted by atomic mass is 9.73. The van der Waals surface area contributed by atoms with Crippen molar-refractivity contribution in [1.29, 1.82) is 5.26 Å². The summed E-state index contributed by atoms with van der Waals surface area (Å²) >= 11 is 6.36. The molecule has 3 aliphatic heterocycles. The quantitative estimate of drug-likeness (QED) is 0.556. The zero-order valence-corrected chi connectivity index (χ0v) is 20.1. The largest absolute Gasteiger partial charge is 0.355 e. The molecule has 4 aliphatic rings. The van der Waals surface area contributed by atoms with Gasteiger partial charge < -0.3 is 9.80 Å². The van der Waals surface area contributed by atoms with Crippen LogP contribution in [-0.4, -0.2) is 56.4 Å². The SMILES string of the molecule is Cc1cc(N2CC3(C2)CN(c2nnc4n2-c2ccc(Cl)cc2CN(C2(C#N)CC2)C4)C3)ncc1F. The summed E-state index contributed by atoms with van der Waals surface area (Å²) < 4.78 is 15.7. The van der Waals surface area contributed by atoms with Gasteiger partial charge in [-0.1, -0.05) is 11.6 Å². The lowest BCUT2D eigenvalue weighted by Crippen LogP contribution is -2.73. The summed E-state index contributed by atoms with van der Waals surface area (Å²) in [6.45, 7) is 6.57. The number of rotatable bonds is 3. The molecule has 2 aromatic heterocycles. The van der Waals surface area contributed by atoms with Crippen LogP contribution in [0.1, 0.15) is 29.8 Å². The highest BCUT2D eigenvalue weighted by Gasteiger charge is 2.54. The maximum Gasteiger partial charge on any atom is 0.231 e. The molecule has 0 amide bonds. The maximum atomic E-state index is 13.6. The van der Waals surface area contributed by atoms with E-state index in [1.54, 1.807) is 6.92 Å². The van der Waals surface area contributed by atoms with Crippen molar-refractivity contribution >= 4 is 23.4 Å². The number of aryl methyl sites for hydroxylation is 1. The van der Waals surface area contributed by atoms with Crippen molar-refractivity contribution in [2.45, 2.75) is 38.4 Å². The summed E-state index contributed by atoms with van der Waals surface area (Å²) in [5, 5.41) is 19.7. The van der Waals surface area contributed by atoms with Crippen LogP contribution in [0, 0.1) is 29.5 Å². The topological polar surface area (TPSA) is 77.1 Å². The third kappa shape index (κ3) is 3.16. The van der Waals surface area contributed by atoms with Crippen molar-refractivity contribution in [3.63, 3.8) is 0 Å². The molecule has 3 fully saturated rings. The van der Waals surface area contributed by atoms with Crippen molar-refractivity contribution < 1.29 is 4.39 Å². The average molecular weight is 491 g/mol. The number of pyridine rings is 1. The Morgan fingerprint density at radius 2 is 1.83 bits per heavy atom. The first-order valence-electron chi connectivity index (χ1n) is 11.9. The standard InChI is InChI=1S/C25H24ClFN8/c1-16-6-21(29-8-19(16)27)32-12-24(13-32)14-33(15-24)23-31-30-22-10-34(25(11-28)4-5-25)9-17-7-18(26)2-3-20(17)35(22)23/h2-3,6-8H,4-5,9-10,12-15H2,1H3. The van der Waals surface area contributed by atoms with E-state index in [1.165, 1.54) is 6.20 Å². The molecule has 8 nitrogen and oxygen atoms in total. The molecule has 0 unspecified atom stereocenters. The molecule has 1 aromatic carbocycles. The normalized spacial score (nSPS) is 21.4. The Labute approximate surface area is 207 Å². The smallest absolute Gasteiger partial charge is 0.231 e. The molecule has 7 rings (SSSR count). The van der Waals surface area contributed by atoms with Crippen molar-refractivity contribution in [3.8, 4) is 11.8 Å². The third-order valence-electron chi connectivity index (χ3n) is 7.97. The first-order valence-corrected chi connectivity index (χ1v) is 12.3. The van der Waals surface area contributed by atoms with Gasteiger partial charge in [-0.15, -0.1) is 10.2 Å². The van der Waals surface area contributed by atoms with Gasteiger partial charge in [0, 0.05) is 43.2 Å². The molecule has 0 atom stereocenters. The molecule has 0 N–H and O–H groups in total. The summed E-state index contributed by atoms with van der Waals surface area (Å²) in [4.78, 5) is 11.0. The number of nitrogens with zero attached hydrogens (tertiary/aromatic N) is 8. The fraction of sp³-hybridized carbons (Fsp3) is 0.440. The van der Waals surface area contributed by atoms with Gasteiger partial charge in [0.25, 0.3) is 0 Å². The van der Waals surface area contributed by atoms with Crippen LogP contribution in [-0.2, 0) is 13.1 Å². The van der Waals surface area contributed by atoms with E-state index in [1.807, 2.05) is 24.3 Å². The number of anilines is 2. The van der Waals surface area contributed by atoms with E-state index in [9.17, 15) is 9.65 Å². The highest BCUT2D eigenvalue weighted by Crippen LogP contribution is 2.46. The molecule has 2 saturated heterocycles. The van der Waals surface area contributed by atoms with Crippen molar-refractivity contribution in [2.75, 3.05) is 36.0 Å². The summed E-state index contributed by atoms with van der Waals surface area (Å²) in [5.74, 6) is 2.26. The number of halogens is 2. The third-order valence-corrected chi connectivity index (χ3v) is 8.21. The lowest BCUT2D eigenvalue weighted by molar-refractivity contribution is 0.153. The van der Waals surface area contributed by atoms with Gasteiger partial charge in [0.05, 0.1) is 24.5 Å². The molecular weight excluding hydrogens is 467 g/mol. The Morgan fingerprint density at radius 3 is 2.54 bits per heavy atom. The van der Waals surface area contributed by atoms with Crippen LogP contribution in [0.2, 0.25) is 5.02 Å². The second-order valence-electron chi connectivity index (χ2n) is 10.5. The zero-order chi connectivity index (χ0) is 23.9. The maximum absolute atomic E-state index is 13.6. The van der Waals surface area contributed by atoms with Gasteiger partial charge in [-0.2, -0.15) is 5.26 Å². The number of hydrogen-bond acceptors (Lipinski definition) is 7. The molecule has 0 bridgehead atoms. The Balaban J connectivity index is 1.15. The van der Waals surface area contributed by atoms with Gasteiger partial charge in [-0.05, 0) is 55.2 Å². The minimum Gasteiger partial charge on any atom is -0.355 e. The molecule has 1 saturated carbocycles. The molecule has 5 heterocycles. The lowest BCUT2D eigenvalue weighted by Gasteiger charge is -2.60. The molecule has 10 heteroatoms. The summed E-state index contributed by atoms with van der Waals surface area (Å²) in [6, 6.07) is 10.3. The number of aromatic nitrogens is 4. The Hall–Kier alpha value is -3.22. The van der Waals surface area contributed by atoms with E-state index >= 15 is 0 Å². The molecule has 35 heavy (non-hydrogen) atoms. The molecule has 1 aliphatic carbocycles. The van der Waals surface area contributed by atoms with Crippen LogP contribution in [0.5, 0.6) is 0 Å². The monoisotopic (exact) mass is 490 g/mol. The Morgan fingerprint density at radius 1 is 1.06 bits per heavy atom. The number of fused-ring (bicyclic) bond motifs is 3. The van der Waals surface area contributed by atoms with Crippen molar-refractivity contribution in [3.05, 3.63) is 58.3 Å². The summed E-state index contributed by atoms with van der Waals surface area (Å²) in [5.41, 5.74) is 2.51. The highest BCUT2D eigenvalue weighted by atomic mass is 35.5. The second-order valence-corrected chi connectivity index (χ2v) is 11.0. The van der Waals surface area contributed by atoms with Crippen LogP contribution < -0.4 is 9.80 Å². The van der Waals surface area contributed by atoms with Crippen LogP contribution in [0.15, 0.2) is 30.5 Å². The van der Waals surface area contributed by atoms with Gasteiger partial charge in [0.1, 0.15) is 17.2 Å². The van der Waals surface area contributed by atoms with Gasteiger partial charge in [-0.3, -0.25) is 9.47 Å². The zero-order valence-electron chi connectivity index (χ0n) is 19.4. The van der Waals surface area contributed by atoms with Gasteiger partial charge >= 0.3 is 0 Å². The van der Waals surface area contributed by atoms with Crippen LogP contribution in [0.25, 0.3) is 5.69 Å². The fourth-order valence-electron chi connectivity index (χ4n) is 5.84. The van der Waals surface area contributed by atoms with E-state index in [2.05, 4.69) is 40.5 Å². The molecule has 0 radical (unpaired) electrons. The van der Waals surface area contributed by atoms with Gasteiger partial charge in [-0.25, -0.2) is 9.37 Å². The number of nitriles is 1. The first kappa shape index (κ1) is 21.1. The average Bonchev–Trinajstić information content (AvgIpc) is 3.52. The minimum absolute atomic E-state index is 0.189. The highest BCUT2D eigenvalue weighted by molar-refractivity contribution is 6.30. The molecule has 178 valence electrons. The second kappa shape index (κ2) is 7.15.